The lowest BCUT2D eigenvalue weighted by Crippen LogP contribution is -2.16. The molecule has 232 valence electrons. The molecule has 2 atom stereocenters. The van der Waals surface area contributed by atoms with Crippen molar-refractivity contribution in [2.75, 3.05) is 0 Å². The minimum absolute atomic E-state index is 0.311. The zero-order chi connectivity index (χ0) is 31.3. The highest BCUT2D eigenvalue weighted by atomic mass is 79.9. The third kappa shape index (κ3) is 6.87. The second kappa shape index (κ2) is 14.3. The van der Waals surface area contributed by atoms with Gasteiger partial charge in [-0.1, -0.05) is 57.7 Å². The summed E-state index contributed by atoms with van der Waals surface area (Å²) in [5.41, 5.74) is 3.86. The number of hydrogen-bond donors (Lipinski definition) is 3. The van der Waals surface area contributed by atoms with Gasteiger partial charge in [0.1, 0.15) is 46.5 Å². The summed E-state index contributed by atoms with van der Waals surface area (Å²) < 4.78 is 2.12. The summed E-state index contributed by atoms with van der Waals surface area (Å²) in [6.07, 6.45) is 15.8. The first-order valence-corrected chi connectivity index (χ1v) is 16.4. The lowest BCUT2D eigenvalue weighted by Gasteiger charge is -2.27. The van der Waals surface area contributed by atoms with Crippen molar-refractivity contribution >= 4 is 61.2 Å². The van der Waals surface area contributed by atoms with Crippen molar-refractivity contribution in [1.82, 2.24) is 39.5 Å². The van der Waals surface area contributed by atoms with E-state index >= 15 is 0 Å². The number of fused-ring (bicyclic) bond motifs is 2. The van der Waals surface area contributed by atoms with Crippen molar-refractivity contribution in [2.24, 2.45) is 0 Å². The Kier molecular flexibility index (Phi) is 10.0. The summed E-state index contributed by atoms with van der Waals surface area (Å²) in [4.78, 5) is 28.6. The van der Waals surface area contributed by atoms with E-state index in [9.17, 15) is 10.2 Å². The van der Waals surface area contributed by atoms with Gasteiger partial charge in [-0.25, -0.2) is 19.9 Å². The first-order chi connectivity index (χ1) is 21.9. The molecule has 0 aromatic carbocycles. The standard InChI is InChI=1S/C16H15ClN4O.C12H9ClN4O.C4H7Br/c17-15-13-11(14(22)12-6-1-2-7-18-12)8-21(10-4-3-5-10)16(13)20-9-19-15;13-11-9-7(5-15-12(9)17-6-16-11)10(18)8-3-1-2-4-14-8;5-4-2-1-3-4/h1-2,6-10,14,22H,3-5H2;1-6,10,18H,(H,15,16,17);4H,1-3H2. The molecular formula is C32H31BrCl2N8O2. The second-order valence-electron chi connectivity index (χ2n) is 10.9. The Morgan fingerprint density at radius 3 is 1.87 bits per heavy atom. The van der Waals surface area contributed by atoms with Gasteiger partial charge in [0.15, 0.2) is 0 Å². The maximum Gasteiger partial charge on any atom is 0.145 e. The van der Waals surface area contributed by atoms with Crippen LogP contribution in [-0.4, -0.2) is 54.5 Å². The van der Waals surface area contributed by atoms with Gasteiger partial charge in [-0.15, -0.1) is 0 Å². The Labute approximate surface area is 278 Å². The molecule has 10 nitrogen and oxygen atoms in total. The molecule has 2 aliphatic carbocycles. The number of hydrogen-bond acceptors (Lipinski definition) is 8. The molecule has 2 saturated carbocycles. The van der Waals surface area contributed by atoms with Gasteiger partial charge >= 0.3 is 0 Å². The summed E-state index contributed by atoms with van der Waals surface area (Å²) in [6.45, 7) is 0. The lowest BCUT2D eigenvalue weighted by atomic mass is 9.93. The highest BCUT2D eigenvalue weighted by Gasteiger charge is 2.27. The molecule has 2 aliphatic rings. The highest BCUT2D eigenvalue weighted by molar-refractivity contribution is 9.09. The number of nitrogens with one attached hydrogen (secondary N) is 1. The topological polar surface area (TPSA) is 139 Å². The van der Waals surface area contributed by atoms with Crippen molar-refractivity contribution in [3.05, 3.63) is 107 Å². The van der Waals surface area contributed by atoms with E-state index in [1.807, 2.05) is 24.4 Å². The molecule has 0 aliphatic heterocycles. The van der Waals surface area contributed by atoms with Crippen LogP contribution in [0.2, 0.25) is 10.3 Å². The molecular weight excluding hydrogens is 679 g/mol. The smallest absolute Gasteiger partial charge is 0.145 e. The van der Waals surface area contributed by atoms with Crippen molar-refractivity contribution in [1.29, 1.82) is 0 Å². The fourth-order valence-electron chi connectivity index (χ4n) is 5.14. The van der Waals surface area contributed by atoms with E-state index in [2.05, 4.69) is 55.4 Å². The minimum atomic E-state index is -0.858. The number of alkyl halides is 1. The van der Waals surface area contributed by atoms with Crippen LogP contribution in [0.4, 0.5) is 0 Å². The molecule has 6 aromatic heterocycles. The van der Waals surface area contributed by atoms with Crippen molar-refractivity contribution < 1.29 is 10.2 Å². The Balaban J connectivity index is 0.000000139. The van der Waals surface area contributed by atoms with E-state index in [1.165, 1.54) is 38.3 Å². The van der Waals surface area contributed by atoms with Gasteiger partial charge < -0.3 is 19.8 Å². The van der Waals surface area contributed by atoms with E-state index in [0.29, 0.717) is 55.3 Å². The molecule has 2 fully saturated rings. The summed E-state index contributed by atoms with van der Waals surface area (Å²) >= 11 is 15.8. The largest absolute Gasteiger partial charge is 0.382 e. The fraction of sp³-hybridized carbons (Fsp3) is 0.312. The zero-order valence-corrected chi connectivity index (χ0v) is 27.2. The molecule has 0 bridgehead atoms. The number of aliphatic hydroxyl groups is 2. The van der Waals surface area contributed by atoms with Crippen molar-refractivity contribution in [3.63, 3.8) is 0 Å². The molecule has 6 aromatic rings. The third-order valence-electron chi connectivity index (χ3n) is 8.07. The Morgan fingerprint density at radius 2 is 1.33 bits per heavy atom. The van der Waals surface area contributed by atoms with Crippen LogP contribution in [-0.2, 0) is 0 Å². The number of halogens is 3. The first kappa shape index (κ1) is 31.5. The van der Waals surface area contributed by atoms with E-state index in [1.54, 1.807) is 36.8 Å². The number of aromatic nitrogens is 8. The summed E-state index contributed by atoms with van der Waals surface area (Å²) in [5.74, 6) is 0. The van der Waals surface area contributed by atoms with Crippen LogP contribution < -0.4 is 0 Å². The maximum absolute atomic E-state index is 10.7. The molecule has 2 unspecified atom stereocenters. The molecule has 0 radical (unpaired) electrons. The van der Waals surface area contributed by atoms with Gasteiger partial charge in [-0.2, -0.15) is 0 Å². The SMILES string of the molecule is BrC1CCC1.OC(c1ccccn1)c1c[nH]c2ncnc(Cl)c12.OC(c1ccccn1)c1cn(C2CCC2)c2ncnc(Cl)c12. The summed E-state index contributed by atoms with van der Waals surface area (Å²) in [6, 6.07) is 11.3. The first-order valence-electron chi connectivity index (χ1n) is 14.7. The quantitative estimate of drug-likeness (QED) is 0.125. The third-order valence-corrected chi connectivity index (χ3v) is 9.56. The Morgan fingerprint density at radius 1 is 0.756 bits per heavy atom. The number of nitrogens with zero attached hydrogens (tertiary/aromatic N) is 7. The molecule has 0 amide bonds. The van der Waals surface area contributed by atoms with Crippen LogP contribution in [0.15, 0.2) is 73.8 Å². The van der Waals surface area contributed by atoms with Crippen molar-refractivity contribution in [2.45, 2.75) is 61.6 Å². The summed E-state index contributed by atoms with van der Waals surface area (Å²) in [7, 11) is 0. The van der Waals surface area contributed by atoms with Gasteiger partial charge in [0, 0.05) is 46.8 Å². The lowest BCUT2D eigenvalue weighted by molar-refractivity contribution is 0.216. The molecule has 0 spiro atoms. The number of aromatic amines is 1. The van der Waals surface area contributed by atoms with E-state index < -0.39 is 12.2 Å². The van der Waals surface area contributed by atoms with E-state index in [-0.39, 0.29) is 0 Å². The number of rotatable bonds is 5. The van der Waals surface area contributed by atoms with Gasteiger partial charge in [0.05, 0.1) is 22.2 Å². The zero-order valence-electron chi connectivity index (χ0n) is 24.1. The summed E-state index contributed by atoms with van der Waals surface area (Å²) in [5, 5.41) is 23.0. The second-order valence-corrected chi connectivity index (χ2v) is 12.9. The van der Waals surface area contributed by atoms with Crippen LogP contribution in [0, 0.1) is 0 Å². The van der Waals surface area contributed by atoms with Crippen LogP contribution >= 0.6 is 39.1 Å². The average molecular weight is 710 g/mol. The number of pyridine rings is 2. The monoisotopic (exact) mass is 708 g/mol. The van der Waals surface area contributed by atoms with Crippen LogP contribution in [0.5, 0.6) is 0 Å². The average Bonchev–Trinajstić information content (AvgIpc) is 3.64. The number of aliphatic hydroxyl groups excluding tert-OH is 2. The molecule has 3 N–H and O–H groups in total. The predicted octanol–water partition coefficient (Wildman–Crippen LogP) is 7.31. The van der Waals surface area contributed by atoms with Crippen LogP contribution in [0.1, 0.15) is 79.3 Å². The molecule has 0 saturated heterocycles. The molecule has 6 heterocycles. The van der Waals surface area contributed by atoms with Crippen LogP contribution in [0.25, 0.3) is 22.1 Å². The Bertz CT molecular complexity index is 1860. The van der Waals surface area contributed by atoms with E-state index in [0.717, 1.165) is 23.3 Å². The van der Waals surface area contributed by atoms with E-state index in [4.69, 9.17) is 23.2 Å². The van der Waals surface area contributed by atoms with Gasteiger partial charge in [-0.3, -0.25) is 9.97 Å². The highest BCUT2D eigenvalue weighted by Crippen LogP contribution is 2.39. The number of H-pyrrole nitrogens is 1. The molecule has 45 heavy (non-hydrogen) atoms. The van der Waals surface area contributed by atoms with Gasteiger partial charge in [-0.05, 0) is 56.4 Å². The van der Waals surface area contributed by atoms with Crippen LogP contribution in [0.3, 0.4) is 0 Å². The van der Waals surface area contributed by atoms with Gasteiger partial charge in [0.2, 0.25) is 0 Å². The molecule has 13 heteroatoms. The maximum atomic E-state index is 10.7. The normalized spacial score (nSPS) is 16.1. The molecule has 8 rings (SSSR count). The predicted molar refractivity (Wildman–Crippen MR) is 177 cm³/mol. The van der Waals surface area contributed by atoms with Gasteiger partial charge in [0.25, 0.3) is 0 Å². The fourth-order valence-corrected chi connectivity index (χ4v) is 6.27. The van der Waals surface area contributed by atoms with Crippen molar-refractivity contribution in [3.8, 4) is 0 Å². The minimum Gasteiger partial charge on any atom is -0.382 e. The Hall–Kier alpha value is -3.48.